The van der Waals surface area contributed by atoms with E-state index >= 15 is 0 Å². The molecule has 0 aliphatic rings. The van der Waals surface area contributed by atoms with Gasteiger partial charge in [-0.25, -0.2) is 0 Å². The second-order valence-electron chi connectivity index (χ2n) is 10.1. The Kier molecular flexibility index (Phi) is 22.1. The van der Waals surface area contributed by atoms with Gasteiger partial charge < -0.3 is 0 Å². The second kappa shape index (κ2) is 23.8. The van der Waals surface area contributed by atoms with E-state index in [4.69, 9.17) is 0 Å². The van der Waals surface area contributed by atoms with Crippen LogP contribution in [0.3, 0.4) is 0 Å². The second-order valence-corrected chi connectivity index (χ2v) is 12.8. The Morgan fingerprint density at radius 3 is 1.25 bits per heavy atom. The van der Waals surface area contributed by atoms with Gasteiger partial charge in [0.25, 0.3) is 0 Å². The van der Waals surface area contributed by atoms with Crippen molar-refractivity contribution in [2.24, 2.45) is 0 Å². The third kappa shape index (κ3) is 19.1. The van der Waals surface area contributed by atoms with Crippen LogP contribution < -0.4 is 0 Å². The molecule has 1 heteroatoms. The molecule has 0 aliphatic carbocycles. The van der Waals surface area contributed by atoms with Crippen molar-refractivity contribution in [3.8, 4) is 0 Å². The zero-order chi connectivity index (χ0) is 23.0. The van der Waals surface area contributed by atoms with E-state index in [1.54, 1.807) is 18.5 Å². The van der Waals surface area contributed by atoms with Gasteiger partial charge >= 0.3 is 0 Å². The fraction of sp³-hybridized carbons (Fsp3) is 0.806. The molecule has 32 heavy (non-hydrogen) atoms. The first-order valence-electron chi connectivity index (χ1n) is 14.6. The van der Waals surface area contributed by atoms with Crippen LogP contribution in [-0.2, 0) is 6.42 Å². The summed E-state index contributed by atoms with van der Waals surface area (Å²) < 4.78 is 0. The van der Waals surface area contributed by atoms with E-state index in [9.17, 15) is 0 Å². The molecule has 0 heterocycles. The summed E-state index contributed by atoms with van der Waals surface area (Å²) in [6, 6.07) is 11.0. The number of hydrogen-bond donors (Lipinski definition) is 0. The SMILES string of the molecule is CCCCCCCCP(CCCCCCCC)CCCCCCCCCc1ccccc1. The molecule has 0 N–H and O–H groups in total. The molecule has 1 aromatic rings. The molecule has 0 unspecified atom stereocenters. The molecule has 1 rings (SSSR count). The van der Waals surface area contributed by atoms with E-state index in [1.165, 1.54) is 134 Å². The molecule has 0 spiro atoms. The van der Waals surface area contributed by atoms with Gasteiger partial charge in [-0.3, -0.25) is 0 Å². The molecule has 0 radical (unpaired) electrons. The molecular formula is C31H57P. The van der Waals surface area contributed by atoms with Gasteiger partial charge in [-0.15, -0.1) is 7.92 Å². The summed E-state index contributed by atoms with van der Waals surface area (Å²) in [4.78, 5) is 0. The van der Waals surface area contributed by atoms with Crippen molar-refractivity contribution in [1.29, 1.82) is 0 Å². The van der Waals surface area contributed by atoms with Gasteiger partial charge in [-0.2, -0.15) is 0 Å². The topological polar surface area (TPSA) is 0 Å². The summed E-state index contributed by atoms with van der Waals surface area (Å²) in [6.45, 7) is 4.65. The molecule has 0 saturated carbocycles. The fourth-order valence-electron chi connectivity index (χ4n) is 4.76. The molecule has 0 fully saturated rings. The average Bonchev–Trinajstić information content (AvgIpc) is 2.82. The molecule has 0 aromatic heterocycles. The van der Waals surface area contributed by atoms with Gasteiger partial charge in [0.1, 0.15) is 0 Å². The minimum atomic E-state index is 0.334. The molecule has 186 valence electrons. The highest BCUT2D eigenvalue weighted by Gasteiger charge is 2.08. The van der Waals surface area contributed by atoms with Gasteiger partial charge in [0.05, 0.1) is 0 Å². The van der Waals surface area contributed by atoms with E-state index in [1.807, 2.05) is 0 Å². The minimum absolute atomic E-state index is 0.334. The van der Waals surface area contributed by atoms with Crippen molar-refractivity contribution < 1.29 is 0 Å². The van der Waals surface area contributed by atoms with Crippen molar-refractivity contribution in [1.82, 2.24) is 0 Å². The van der Waals surface area contributed by atoms with Crippen molar-refractivity contribution in [2.75, 3.05) is 18.5 Å². The van der Waals surface area contributed by atoms with Crippen LogP contribution in [0.1, 0.15) is 141 Å². The summed E-state index contributed by atoms with van der Waals surface area (Å²) in [5.74, 6) is 0. The van der Waals surface area contributed by atoms with E-state index in [2.05, 4.69) is 44.2 Å². The first kappa shape index (κ1) is 29.7. The summed E-state index contributed by atoms with van der Waals surface area (Å²) in [5, 5.41) is 0. The predicted octanol–water partition coefficient (Wildman–Crippen LogP) is 11.2. The van der Waals surface area contributed by atoms with Crippen LogP contribution in [0.15, 0.2) is 30.3 Å². The summed E-state index contributed by atoms with van der Waals surface area (Å²) in [7, 11) is 0.334. The van der Waals surface area contributed by atoms with Gasteiger partial charge in [-0.05, 0) is 56.2 Å². The van der Waals surface area contributed by atoms with Crippen LogP contribution in [-0.4, -0.2) is 18.5 Å². The molecule has 0 nitrogen and oxygen atoms in total. The molecular weight excluding hydrogens is 403 g/mol. The van der Waals surface area contributed by atoms with Crippen molar-refractivity contribution in [3.63, 3.8) is 0 Å². The lowest BCUT2D eigenvalue weighted by molar-refractivity contribution is 0.589. The predicted molar refractivity (Wildman–Crippen MR) is 151 cm³/mol. The zero-order valence-corrected chi connectivity index (χ0v) is 23.0. The number of rotatable bonds is 24. The lowest BCUT2D eigenvalue weighted by Gasteiger charge is -2.18. The highest BCUT2D eigenvalue weighted by Crippen LogP contribution is 2.39. The van der Waals surface area contributed by atoms with Gasteiger partial charge in [-0.1, -0.05) is 140 Å². The molecule has 0 atom stereocenters. The largest absolute Gasteiger partial charge is 0.107 e. The van der Waals surface area contributed by atoms with Crippen LogP contribution in [0.5, 0.6) is 0 Å². The van der Waals surface area contributed by atoms with Gasteiger partial charge in [0.15, 0.2) is 0 Å². The monoisotopic (exact) mass is 460 g/mol. The molecule has 0 amide bonds. The normalized spacial score (nSPS) is 11.5. The highest BCUT2D eigenvalue weighted by atomic mass is 31.1. The summed E-state index contributed by atoms with van der Waals surface area (Å²) >= 11 is 0. The number of benzene rings is 1. The van der Waals surface area contributed by atoms with E-state index in [0.717, 1.165) is 0 Å². The maximum atomic E-state index is 2.32. The molecule has 0 aliphatic heterocycles. The Bertz CT molecular complexity index is 453. The van der Waals surface area contributed by atoms with Gasteiger partial charge in [0.2, 0.25) is 0 Å². The maximum Gasteiger partial charge on any atom is -0.0279 e. The smallest absolute Gasteiger partial charge is 0.0279 e. The third-order valence-electron chi connectivity index (χ3n) is 6.94. The van der Waals surface area contributed by atoms with Crippen molar-refractivity contribution >= 4 is 7.92 Å². The number of unbranched alkanes of at least 4 members (excludes halogenated alkanes) is 16. The quantitative estimate of drug-likeness (QED) is 0.106. The Morgan fingerprint density at radius 1 is 0.438 bits per heavy atom. The van der Waals surface area contributed by atoms with Gasteiger partial charge in [0, 0.05) is 0 Å². The Labute approximate surface area is 204 Å². The van der Waals surface area contributed by atoms with E-state index in [0.29, 0.717) is 7.92 Å². The Morgan fingerprint density at radius 2 is 0.812 bits per heavy atom. The Balaban J connectivity index is 2.05. The van der Waals surface area contributed by atoms with Crippen LogP contribution in [0, 0.1) is 0 Å². The Hall–Kier alpha value is -0.350. The minimum Gasteiger partial charge on any atom is -0.107 e. The van der Waals surface area contributed by atoms with E-state index in [-0.39, 0.29) is 0 Å². The molecule has 1 aromatic carbocycles. The van der Waals surface area contributed by atoms with Crippen LogP contribution in [0.2, 0.25) is 0 Å². The molecule has 0 saturated heterocycles. The van der Waals surface area contributed by atoms with Crippen molar-refractivity contribution in [3.05, 3.63) is 35.9 Å². The van der Waals surface area contributed by atoms with Crippen molar-refractivity contribution in [2.45, 2.75) is 142 Å². The fourth-order valence-corrected chi connectivity index (χ4v) is 7.44. The zero-order valence-electron chi connectivity index (χ0n) is 22.1. The summed E-state index contributed by atoms with van der Waals surface area (Å²) in [6.07, 6.45) is 33.7. The molecule has 0 bridgehead atoms. The first-order valence-corrected chi connectivity index (χ1v) is 16.5. The maximum absolute atomic E-state index is 2.32. The third-order valence-corrected chi connectivity index (χ3v) is 9.78. The lowest BCUT2D eigenvalue weighted by Crippen LogP contribution is -1.97. The highest BCUT2D eigenvalue weighted by molar-refractivity contribution is 7.57. The van der Waals surface area contributed by atoms with Crippen LogP contribution >= 0.6 is 7.92 Å². The standard InChI is InChI=1S/C31H57P/c1-3-5-7-9-15-22-28-32(29-23-16-10-8-6-4-2)30-24-17-13-11-12-14-19-25-31-26-20-18-21-27-31/h18,20-21,26-27H,3-17,19,22-25,28-30H2,1-2H3. The number of aryl methyl sites for hydroxylation is 1. The lowest BCUT2D eigenvalue weighted by atomic mass is 10.0. The number of hydrogen-bond acceptors (Lipinski definition) is 0. The van der Waals surface area contributed by atoms with E-state index < -0.39 is 0 Å². The summed E-state index contributed by atoms with van der Waals surface area (Å²) in [5.41, 5.74) is 1.51. The first-order chi connectivity index (χ1) is 15.9. The van der Waals surface area contributed by atoms with Crippen LogP contribution in [0.4, 0.5) is 0 Å². The van der Waals surface area contributed by atoms with Crippen LogP contribution in [0.25, 0.3) is 0 Å². The average molecular weight is 461 g/mol.